The van der Waals surface area contributed by atoms with Gasteiger partial charge in [0.15, 0.2) is 5.69 Å². The number of hydrogen-bond acceptors (Lipinski definition) is 4. The SMILES string of the molecule is O=C(O)[C@@H]1CN(C(=O)c2ncsc2C(F)(F)F)C[C@H]1C(F)(F)F. The third-order valence-corrected chi connectivity index (χ3v) is 4.24. The monoisotopic (exact) mass is 362 g/mol. The Hall–Kier alpha value is -1.85. The van der Waals surface area contributed by atoms with Crippen LogP contribution in [0.25, 0.3) is 0 Å². The van der Waals surface area contributed by atoms with Crippen LogP contribution in [0.2, 0.25) is 0 Å². The average molecular weight is 362 g/mol. The number of aliphatic carboxylic acids is 1. The molecule has 1 amide bonds. The van der Waals surface area contributed by atoms with Gasteiger partial charge in [0.05, 0.1) is 17.3 Å². The number of carboxylic acid groups (broad SMARTS) is 1. The summed E-state index contributed by atoms with van der Waals surface area (Å²) in [6.45, 7) is -1.85. The lowest BCUT2D eigenvalue weighted by atomic mass is 9.96. The molecular weight excluding hydrogens is 354 g/mol. The summed E-state index contributed by atoms with van der Waals surface area (Å²) in [5.41, 5.74) is -0.267. The number of alkyl halides is 6. The van der Waals surface area contributed by atoms with E-state index in [-0.39, 0.29) is 11.3 Å². The first-order valence-electron chi connectivity index (χ1n) is 6.02. The average Bonchev–Trinajstić information content (AvgIpc) is 3.03. The van der Waals surface area contributed by atoms with Gasteiger partial charge in [-0.1, -0.05) is 0 Å². The molecule has 1 saturated heterocycles. The van der Waals surface area contributed by atoms with Gasteiger partial charge >= 0.3 is 18.3 Å². The largest absolute Gasteiger partial charge is 0.481 e. The molecule has 23 heavy (non-hydrogen) atoms. The second kappa shape index (κ2) is 5.65. The number of likely N-dealkylation sites (tertiary alicyclic amines) is 1. The summed E-state index contributed by atoms with van der Waals surface area (Å²) in [6.07, 6.45) is -9.76. The molecule has 0 unspecified atom stereocenters. The molecule has 0 radical (unpaired) electrons. The lowest BCUT2D eigenvalue weighted by molar-refractivity contribution is -0.187. The molecule has 1 aliphatic rings. The number of carbonyl (C=O) groups is 2. The number of carbonyl (C=O) groups excluding carboxylic acids is 1. The van der Waals surface area contributed by atoms with Gasteiger partial charge in [-0.25, -0.2) is 4.98 Å². The van der Waals surface area contributed by atoms with E-state index in [0.717, 1.165) is 5.51 Å². The van der Waals surface area contributed by atoms with Crippen molar-refractivity contribution in [2.45, 2.75) is 12.4 Å². The van der Waals surface area contributed by atoms with Crippen molar-refractivity contribution in [1.29, 1.82) is 0 Å². The molecule has 0 spiro atoms. The summed E-state index contributed by atoms with van der Waals surface area (Å²) >= 11 is 0.135. The number of thiazole rings is 1. The highest BCUT2D eigenvalue weighted by atomic mass is 32.1. The maximum absolute atomic E-state index is 12.8. The van der Waals surface area contributed by atoms with Gasteiger partial charge in [-0.2, -0.15) is 26.3 Å². The normalized spacial score (nSPS) is 22.4. The van der Waals surface area contributed by atoms with E-state index in [1.807, 2.05) is 0 Å². The van der Waals surface area contributed by atoms with Crippen molar-refractivity contribution in [1.82, 2.24) is 9.88 Å². The van der Waals surface area contributed by atoms with Crippen LogP contribution in [0.1, 0.15) is 15.4 Å². The molecule has 1 fully saturated rings. The Morgan fingerprint density at radius 2 is 1.83 bits per heavy atom. The molecule has 1 aliphatic heterocycles. The van der Waals surface area contributed by atoms with E-state index in [2.05, 4.69) is 4.98 Å². The van der Waals surface area contributed by atoms with Crippen LogP contribution in [0.3, 0.4) is 0 Å². The minimum absolute atomic E-state index is 0.135. The van der Waals surface area contributed by atoms with Gasteiger partial charge in [0.25, 0.3) is 5.91 Å². The summed E-state index contributed by atoms with van der Waals surface area (Å²) in [5.74, 6) is -7.39. The van der Waals surface area contributed by atoms with E-state index in [1.165, 1.54) is 0 Å². The standard InChI is InChI=1S/C11H8F6N2O3S/c12-10(13,14)5-2-19(1-4(5)9(21)22)8(20)6-7(11(15,16)17)23-3-18-6/h3-5H,1-2H2,(H,21,22)/t4-,5-/m1/s1. The molecule has 0 saturated carbocycles. The first-order valence-corrected chi connectivity index (χ1v) is 6.90. The fraction of sp³-hybridized carbons (Fsp3) is 0.545. The van der Waals surface area contributed by atoms with Crippen molar-refractivity contribution in [3.63, 3.8) is 0 Å². The summed E-state index contributed by atoms with van der Waals surface area (Å²) in [4.78, 5) is 25.3. The van der Waals surface area contributed by atoms with Gasteiger partial charge in [0.2, 0.25) is 0 Å². The summed E-state index contributed by atoms with van der Waals surface area (Å²) < 4.78 is 76.6. The minimum Gasteiger partial charge on any atom is -0.481 e. The zero-order valence-electron chi connectivity index (χ0n) is 11.0. The summed E-state index contributed by atoms with van der Waals surface area (Å²) in [5, 5.41) is 8.83. The third-order valence-electron chi connectivity index (χ3n) is 3.37. The first-order chi connectivity index (χ1) is 10.4. The fourth-order valence-corrected chi connectivity index (χ4v) is 2.95. The van der Waals surface area contributed by atoms with E-state index in [1.54, 1.807) is 0 Å². The summed E-state index contributed by atoms with van der Waals surface area (Å²) in [7, 11) is 0. The Morgan fingerprint density at radius 1 is 1.22 bits per heavy atom. The van der Waals surface area contributed by atoms with Gasteiger partial charge in [0, 0.05) is 13.1 Å². The van der Waals surface area contributed by atoms with Crippen molar-refractivity contribution in [3.05, 3.63) is 16.1 Å². The first kappa shape index (κ1) is 17.5. The maximum atomic E-state index is 12.8. The molecule has 1 aromatic heterocycles. The van der Waals surface area contributed by atoms with Crippen molar-refractivity contribution in [2.75, 3.05) is 13.1 Å². The van der Waals surface area contributed by atoms with E-state index in [4.69, 9.17) is 5.11 Å². The minimum atomic E-state index is -4.88. The Labute approximate surface area is 128 Å². The molecule has 2 rings (SSSR count). The topological polar surface area (TPSA) is 70.5 Å². The van der Waals surface area contributed by atoms with Crippen LogP contribution in [0.15, 0.2) is 5.51 Å². The Morgan fingerprint density at radius 3 is 2.26 bits per heavy atom. The van der Waals surface area contributed by atoms with Crippen LogP contribution in [0.5, 0.6) is 0 Å². The van der Waals surface area contributed by atoms with E-state index >= 15 is 0 Å². The number of amides is 1. The van der Waals surface area contributed by atoms with Gasteiger partial charge in [-0.15, -0.1) is 11.3 Å². The smallest absolute Gasteiger partial charge is 0.427 e. The van der Waals surface area contributed by atoms with E-state index < -0.39 is 59.7 Å². The molecule has 128 valence electrons. The highest BCUT2D eigenvalue weighted by Gasteiger charge is 2.54. The highest BCUT2D eigenvalue weighted by molar-refractivity contribution is 7.10. The van der Waals surface area contributed by atoms with Crippen LogP contribution >= 0.6 is 11.3 Å². The van der Waals surface area contributed by atoms with Crippen LogP contribution in [-0.2, 0) is 11.0 Å². The molecule has 0 bridgehead atoms. The molecule has 1 N–H and O–H groups in total. The number of hydrogen-bond donors (Lipinski definition) is 1. The van der Waals surface area contributed by atoms with Crippen molar-refractivity contribution in [3.8, 4) is 0 Å². The third kappa shape index (κ3) is 3.41. The van der Waals surface area contributed by atoms with Crippen molar-refractivity contribution >= 4 is 23.2 Å². The van der Waals surface area contributed by atoms with E-state index in [0.29, 0.717) is 4.90 Å². The van der Waals surface area contributed by atoms with Gasteiger partial charge in [-0.05, 0) is 0 Å². The molecule has 5 nitrogen and oxygen atoms in total. The number of carboxylic acids is 1. The summed E-state index contributed by atoms with van der Waals surface area (Å²) in [6, 6.07) is 0. The second-order valence-corrected chi connectivity index (χ2v) is 5.69. The second-order valence-electron chi connectivity index (χ2n) is 4.83. The number of rotatable bonds is 2. The fourth-order valence-electron chi connectivity index (χ4n) is 2.30. The lowest BCUT2D eigenvalue weighted by Gasteiger charge is -2.18. The zero-order valence-corrected chi connectivity index (χ0v) is 11.8. The Kier molecular flexibility index (Phi) is 4.30. The number of halogens is 6. The van der Waals surface area contributed by atoms with Gasteiger partial charge in [-0.3, -0.25) is 9.59 Å². The molecule has 1 aromatic rings. The van der Waals surface area contributed by atoms with Crippen LogP contribution in [-0.4, -0.2) is 46.1 Å². The molecule has 2 atom stereocenters. The molecular formula is C11H8F6N2O3S. The van der Waals surface area contributed by atoms with Crippen LogP contribution in [0, 0.1) is 11.8 Å². The molecule has 0 aliphatic carbocycles. The van der Waals surface area contributed by atoms with Crippen LogP contribution in [0.4, 0.5) is 26.3 Å². The Balaban J connectivity index is 2.29. The lowest BCUT2D eigenvalue weighted by Crippen LogP contribution is -2.34. The predicted octanol–water partition coefficient (Wildman–Crippen LogP) is 2.50. The molecule has 2 heterocycles. The van der Waals surface area contributed by atoms with Crippen molar-refractivity contribution < 1.29 is 41.0 Å². The predicted molar refractivity (Wildman–Crippen MR) is 63.7 cm³/mol. The number of nitrogens with zero attached hydrogens (tertiary/aromatic N) is 2. The Bertz CT molecular complexity index is 626. The van der Waals surface area contributed by atoms with E-state index in [9.17, 15) is 35.9 Å². The van der Waals surface area contributed by atoms with Gasteiger partial charge < -0.3 is 10.0 Å². The maximum Gasteiger partial charge on any atom is 0.427 e. The molecule has 0 aromatic carbocycles. The quantitative estimate of drug-likeness (QED) is 0.821. The number of aromatic nitrogens is 1. The van der Waals surface area contributed by atoms with Crippen LogP contribution < -0.4 is 0 Å². The van der Waals surface area contributed by atoms with Crippen molar-refractivity contribution in [2.24, 2.45) is 11.8 Å². The van der Waals surface area contributed by atoms with Gasteiger partial charge in [0.1, 0.15) is 4.88 Å². The molecule has 12 heteroatoms. The zero-order chi connectivity index (χ0) is 17.6. The highest BCUT2D eigenvalue weighted by Crippen LogP contribution is 2.40.